The van der Waals surface area contributed by atoms with Gasteiger partial charge in [-0.3, -0.25) is 10.1 Å². The Kier molecular flexibility index (Phi) is 4.04. The van der Waals surface area contributed by atoms with E-state index in [4.69, 9.17) is 16.3 Å². The molecular weight excluding hydrogens is 256 g/mol. The van der Waals surface area contributed by atoms with Gasteiger partial charge in [0.1, 0.15) is 17.7 Å². The van der Waals surface area contributed by atoms with Crippen LogP contribution in [0.4, 0.5) is 4.79 Å². The van der Waals surface area contributed by atoms with Gasteiger partial charge in [-0.15, -0.1) is 11.6 Å². The summed E-state index contributed by atoms with van der Waals surface area (Å²) in [5.41, 5.74) is 1.13. The molecule has 1 unspecified atom stereocenters. The first-order valence-corrected chi connectivity index (χ1v) is 6.10. The summed E-state index contributed by atoms with van der Waals surface area (Å²) < 4.78 is 5.64. The summed E-state index contributed by atoms with van der Waals surface area (Å²) in [4.78, 5) is 22.1. The number of ether oxygens (including phenoxy) is 1. The summed E-state index contributed by atoms with van der Waals surface area (Å²) in [6.07, 6.45) is 0.652. The molecule has 3 amide bonds. The lowest BCUT2D eigenvalue weighted by molar-refractivity contribution is -0.117. The van der Waals surface area contributed by atoms with E-state index in [0.717, 1.165) is 17.7 Å². The Bertz CT molecular complexity index is 439. The first-order chi connectivity index (χ1) is 8.69. The predicted octanol–water partition coefficient (Wildman–Crippen LogP) is 1.05. The fourth-order valence-corrected chi connectivity index (χ4v) is 1.85. The van der Waals surface area contributed by atoms with Gasteiger partial charge in [0.15, 0.2) is 0 Å². The van der Waals surface area contributed by atoms with E-state index in [-0.39, 0.29) is 12.0 Å². The monoisotopic (exact) mass is 268 g/mol. The van der Waals surface area contributed by atoms with Crippen molar-refractivity contribution >= 4 is 23.5 Å². The highest BCUT2D eigenvalue weighted by Gasteiger charge is 2.22. The van der Waals surface area contributed by atoms with Crippen molar-refractivity contribution in [3.63, 3.8) is 0 Å². The molecule has 0 fully saturated rings. The van der Waals surface area contributed by atoms with Crippen LogP contribution in [0.2, 0.25) is 0 Å². The molecule has 1 atom stereocenters. The van der Waals surface area contributed by atoms with Crippen LogP contribution in [0.3, 0.4) is 0 Å². The Balaban J connectivity index is 1.77. The number of imide groups is 1. The van der Waals surface area contributed by atoms with Crippen LogP contribution in [-0.4, -0.2) is 30.5 Å². The number of rotatable bonds is 3. The molecule has 1 aromatic rings. The number of alkyl halides is 1. The van der Waals surface area contributed by atoms with E-state index in [1.165, 1.54) is 0 Å². The van der Waals surface area contributed by atoms with Gasteiger partial charge in [0.25, 0.3) is 0 Å². The normalized spacial score (nSPS) is 16.6. The molecule has 0 aromatic heterocycles. The molecule has 0 spiro atoms. The summed E-state index contributed by atoms with van der Waals surface area (Å²) in [5.74, 6) is 0.0880. The number of urea groups is 1. The van der Waals surface area contributed by atoms with Crippen LogP contribution in [0.25, 0.3) is 0 Å². The maximum Gasteiger partial charge on any atom is 0.321 e. The van der Waals surface area contributed by atoms with Gasteiger partial charge in [-0.25, -0.2) is 4.79 Å². The molecule has 1 heterocycles. The van der Waals surface area contributed by atoms with Crippen molar-refractivity contribution in [1.82, 2.24) is 10.6 Å². The van der Waals surface area contributed by atoms with Crippen molar-refractivity contribution in [2.45, 2.75) is 12.5 Å². The third-order valence-electron chi connectivity index (χ3n) is 2.58. The lowest BCUT2D eigenvalue weighted by Gasteiger charge is -2.11. The Morgan fingerprint density at radius 2 is 2.17 bits per heavy atom. The standard InChI is InChI=1S/C12H13ClN2O3/c13-6-11(16)15-12(17)14-7-9-5-8-3-1-2-4-10(8)18-9/h1-4,9H,5-7H2,(H2,14,15,16,17). The van der Waals surface area contributed by atoms with E-state index in [2.05, 4.69) is 10.6 Å². The average molecular weight is 269 g/mol. The molecule has 0 bridgehead atoms. The number of benzene rings is 1. The summed E-state index contributed by atoms with van der Waals surface area (Å²) in [5, 5.41) is 4.67. The molecule has 0 aliphatic carbocycles. The Morgan fingerprint density at radius 3 is 2.89 bits per heavy atom. The van der Waals surface area contributed by atoms with Gasteiger partial charge in [-0.2, -0.15) is 0 Å². The summed E-state index contributed by atoms with van der Waals surface area (Å²) in [6, 6.07) is 7.18. The molecule has 2 rings (SSSR count). The molecule has 6 heteroatoms. The van der Waals surface area contributed by atoms with Crippen molar-refractivity contribution in [1.29, 1.82) is 0 Å². The van der Waals surface area contributed by atoms with Gasteiger partial charge >= 0.3 is 6.03 Å². The largest absolute Gasteiger partial charge is 0.488 e. The van der Waals surface area contributed by atoms with E-state index in [9.17, 15) is 9.59 Å². The predicted molar refractivity (Wildman–Crippen MR) is 66.8 cm³/mol. The Hall–Kier alpha value is -1.75. The number of para-hydroxylation sites is 1. The lowest BCUT2D eigenvalue weighted by atomic mass is 10.1. The maximum absolute atomic E-state index is 11.3. The van der Waals surface area contributed by atoms with Crippen LogP contribution >= 0.6 is 11.6 Å². The second kappa shape index (κ2) is 5.73. The van der Waals surface area contributed by atoms with Crippen LogP contribution in [-0.2, 0) is 11.2 Å². The van der Waals surface area contributed by atoms with Crippen molar-refractivity contribution in [2.75, 3.05) is 12.4 Å². The summed E-state index contributed by atoms with van der Waals surface area (Å²) in [7, 11) is 0. The van der Waals surface area contributed by atoms with E-state index in [1.54, 1.807) is 0 Å². The lowest BCUT2D eigenvalue weighted by Crippen LogP contribution is -2.43. The van der Waals surface area contributed by atoms with Gasteiger partial charge in [0.2, 0.25) is 5.91 Å². The first-order valence-electron chi connectivity index (χ1n) is 5.57. The maximum atomic E-state index is 11.3. The summed E-state index contributed by atoms with van der Waals surface area (Å²) in [6.45, 7) is 0.343. The SMILES string of the molecule is O=C(CCl)NC(=O)NCC1Cc2ccccc2O1. The van der Waals surface area contributed by atoms with Crippen molar-refractivity contribution in [3.05, 3.63) is 29.8 Å². The molecule has 1 aliphatic rings. The quantitative estimate of drug-likeness (QED) is 0.806. The van der Waals surface area contributed by atoms with E-state index >= 15 is 0 Å². The van der Waals surface area contributed by atoms with Crippen LogP contribution in [0, 0.1) is 0 Å². The number of hydrogen-bond acceptors (Lipinski definition) is 3. The molecule has 1 aromatic carbocycles. The minimum Gasteiger partial charge on any atom is -0.488 e. The zero-order chi connectivity index (χ0) is 13.0. The third-order valence-corrected chi connectivity index (χ3v) is 2.82. The molecular formula is C12H13ClN2O3. The van der Waals surface area contributed by atoms with Crippen molar-refractivity contribution < 1.29 is 14.3 Å². The molecule has 2 N–H and O–H groups in total. The molecule has 1 aliphatic heterocycles. The zero-order valence-corrected chi connectivity index (χ0v) is 10.4. The molecule has 18 heavy (non-hydrogen) atoms. The number of amides is 3. The topological polar surface area (TPSA) is 67.4 Å². The van der Waals surface area contributed by atoms with Crippen LogP contribution in [0.1, 0.15) is 5.56 Å². The van der Waals surface area contributed by atoms with E-state index in [0.29, 0.717) is 6.54 Å². The second-order valence-corrected chi connectivity index (χ2v) is 4.21. The highest BCUT2D eigenvalue weighted by atomic mass is 35.5. The highest BCUT2D eigenvalue weighted by molar-refractivity contribution is 6.28. The number of carbonyl (C=O) groups is 2. The molecule has 0 radical (unpaired) electrons. The smallest absolute Gasteiger partial charge is 0.321 e. The molecule has 5 nitrogen and oxygen atoms in total. The molecule has 0 saturated heterocycles. The summed E-state index contributed by atoms with van der Waals surface area (Å²) >= 11 is 5.27. The van der Waals surface area contributed by atoms with Gasteiger partial charge in [-0.05, 0) is 11.6 Å². The van der Waals surface area contributed by atoms with Gasteiger partial charge < -0.3 is 10.1 Å². The fourth-order valence-electron chi connectivity index (χ4n) is 1.78. The van der Waals surface area contributed by atoms with Crippen LogP contribution < -0.4 is 15.4 Å². The van der Waals surface area contributed by atoms with Crippen molar-refractivity contribution in [2.24, 2.45) is 0 Å². The number of halogens is 1. The number of fused-ring (bicyclic) bond motifs is 1. The van der Waals surface area contributed by atoms with E-state index < -0.39 is 11.9 Å². The Labute approximate surface area is 109 Å². The minimum atomic E-state index is -0.555. The number of carbonyl (C=O) groups excluding carboxylic acids is 2. The van der Waals surface area contributed by atoms with Gasteiger partial charge in [0.05, 0.1) is 6.54 Å². The van der Waals surface area contributed by atoms with Crippen LogP contribution in [0.5, 0.6) is 5.75 Å². The zero-order valence-electron chi connectivity index (χ0n) is 9.61. The fraction of sp³-hybridized carbons (Fsp3) is 0.333. The number of hydrogen-bond donors (Lipinski definition) is 2. The van der Waals surface area contributed by atoms with Crippen molar-refractivity contribution in [3.8, 4) is 5.75 Å². The molecule has 96 valence electrons. The Morgan fingerprint density at radius 1 is 1.39 bits per heavy atom. The highest BCUT2D eigenvalue weighted by Crippen LogP contribution is 2.27. The van der Waals surface area contributed by atoms with E-state index in [1.807, 2.05) is 24.3 Å². The third kappa shape index (κ3) is 3.13. The minimum absolute atomic E-state index is 0.0979. The first kappa shape index (κ1) is 12.7. The van der Waals surface area contributed by atoms with Gasteiger partial charge in [-0.1, -0.05) is 18.2 Å². The second-order valence-electron chi connectivity index (χ2n) is 3.94. The van der Waals surface area contributed by atoms with Gasteiger partial charge in [0, 0.05) is 6.42 Å². The molecule has 0 saturated carbocycles. The van der Waals surface area contributed by atoms with Crippen LogP contribution in [0.15, 0.2) is 24.3 Å². The number of nitrogens with one attached hydrogen (secondary N) is 2. The average Bonchev–Trinajstić information content (AvgIpc) is 2.79.